The molecule has 2 rings (SSSR count). The molecular weight excluding hydrogens is 286 g/mol. The number of nitrogens with zero attached hydrogens (tertiary/aromatic N) is 1. The van der Waals surface area contributed by atoms with E-state index in [1.54, 1.807) is 0 Å². The summed E-state index contributed by atoms with van der Waals surface area (Å²) in [6, 6.07) is 9.32. The van der Waals surface area contributed by atoms with Gasteiger partial charge in [0.15, 0.2) is 0 Å². The summed E-state index contributed by atoms with van der Waals surface area (Å²) in [7, 11) is 0. The fourth-order valence-corrected chi connectivity index (χ4v) is 3.56. The van der Waals surface area contributed by atoms with E-state index >= 15 is 0 Å². The maximum Gasteiger partial charge on any atom is 0.122 e. The first-order valence-corrected chi connectivity index (χ1v) is 9.18. The average molecular weight is 319 g/mol. The van der Waals surface area contributed by atoms with E-state index in [0.717, 1.165) is 12.2 Å². The minimum Gasteiger partial charge on any atom is -0.491 e. The van der Waals surface area contributed by atoms with E-state index in [9.17, 15) is 5.11 Å². The Morgan fingerprint density at radius 1 is 1.22 bits per heavy atom. The lowest BCUT2D eigenvalue weighted by Gasteiger charge is -2.40. The fraction of sp³-hybridized carbons (Fsp3) is 0.700. The summed E-state index contributed by atoms with van der Waals surface area (Å²) in [5.74, 6) is 1.39. The van der Waals surface area contributed by atoms with Crippen LogP contribution in [0.3, 0.4) is 0 Å². The number of aliphatic hydroxyl groups is 1. The molecule has 0 bridgehead atoms. The molecule has 0 aliphatic carbocycles. The molecule has 1 aliphatic rings. The van der Waals surface area contributed by atoms with Crippen molar-refractivity contribution in [2.45, 2.75) is 77.5 Å². The minimum absolute atomic E-state index is 0.364. The zero-order valence-electron chi connectivity index (χ0n) is 15.2. The summed E-state index contributed by atoms with van der Waals surface area (Å²) >= 11 is 0. The van der Waals surface area contributed by atoms with Gasteiger partial charge in [-0.15, -0.1) is 0 Å². The first-order valence-electron chi connectivity index (χ1n) is 9.18. The number of para-hydroxylation sites is 1. The highest BCUT2D eigenvalue weighted by molar-refractivity contribution is 5.35. The van der Waals surface area contributed by atoms with Crippen LogP contribution < -0.4 is 4.74 Å². The normalized spacial score (nSPS) is 25.1. The summed E-state index contributed by atoms with van der Waals surface area (Å²) in [5, 5.41) is 10.4. The van der Waals surface area contributed by atoms with Gasteiger partial charge in [0.2, 0.25) is 0 Å². The molecule has 0 amide bonds. The molecule has 1 aromatic rings. The second kappa shape index (κ2) is 8.70. The monoisotopic (exact) mass is 319 g/mol. The number of ether oxygens (including phenoxy) is 1. The maximum absolute atomic E-state index is 10.4. The molecular formula is C20H33NO2. The summed E-state index contributed by atoms with van der Waals surface area (Å²) in [6.45, 7) is 10.0. The predicted molar refractivity (Wildman–Crippen MR) is 96.1 cm³/mol. The third-order valence-corrected chi connectivity index (χ3v) is 5.29. The molecule has 1 heterocycles. The minimum atomic E-state index is -0.442. The van der Waals surface area contributed by atoms with Crippen LogP contribution >= 0.6 is 0 Å². The van der Waals surface area contributed by atoms with Crippen LogP contribution in [0.25, 0.3) is 0 Å². The Hall–Kier alpha value is -1.06. The molecule has 1 fully saturated rings. The van der Waals surface area contributed by atoms with Crippen molar-refractivity contribution in [3.8, 4) is 5.75 Å². The van der Waals surface area contributed by atoms with Crippen molar-refractivity contribution in [2.24, 2.45) is 0 Å². The lowest BCUT2D eigenvalue weighted by Crippen LogP contribution is -2.48. The van der Waals surface area contributed by atoms with Crippen LogP contribution in [0.2, 0.25) is 0 Å². The molecule has 1 saturated heterocycles. The average Bonchev–Trinajstić information content (AvgIpc) is 2.56. The van der Waals surface area contributed by atoms with E-state index in [1.807, 2.05) is 12.1 Å². The van der Waals surface area contributed by atoms with Crippen molar-refractivity contribution in [1.29, 1.82) is 0 Å². The standard InChI is InChI=1S/C20H33NO2/c1-5-15(2)19-11-6-7-12-20(19)23-14-18(22)13-21-16(3)9-8-10-17(21)4/h6-7,11-12,15-18,22H,5,8-10,13-14H2,1-4H3. The second-order valence-electron chi connectivity index (χ2n) is 7.14. The van der Waals surface area contributed by atoms with E-state index < -0.39 is 6.10 Å². The lowest BCUT2D eigenvalue weighted by molar-refractivity contribution is 0.0207. The predicted octanol–water partition coefficient (Wildman–Crippen LogP) is 4.20. The number of benzene rings is 1. The van der Waals surface area contributed by atoms with E-state index in [0.29, 0.717) is 31.2 Å². The highest BCUT2D eigenvalue weighted by Gasteiger charge is 2.26. The van der Waals surface area contributed by atoms with Crippen LogP contribution in [0.4, 0.5) is 0 Å². The van der Waals surface area contributed by atoms with Gasteiger partial charge in [-0.05, 0) is 50.7 Å². The van der Waals surface area contributed by atoms with Crippen molar-refractivity contribution >= 4 is 0 Å². The smallest absolute Gasteiger partial charge is 0.122 e. The van der Waals surface area contributed by atoms with Crippen LogP contribution in [0.5, 0.6) is 5.75 Å². The van der Waals surface area contributed by atoms with Gasteiger partial charge in [0, 0.05) is 18.6 Å². The van der Waals surface area contributed by atoms with Gasteiger partial charge in [0.05, 0.1) is 0 Å². The Morgan fingerprint density at radius 2 is 1.87 bits per heavy atom. The number of piperidine rings is 1. The van der Waals surface area contributed by atoms with Crippen molar-refractivity contribution in [3.63, 3.8) is 0 Å². The van der Waals surface area contributed by atoms with Crippen LogP contribution in [-0.2, 0) is 0 Å². The molecule has 0 aromatic heterocycles. The van der Waals surface area contributed by atoms with Crippen LogP contribution in [0.1, 0.15) is 64.9 Å². The molecule has 1 N–H and O–H groups in total. The van der Waals surface area contributed by atoms with Gasteiger partial charge >= 0.3 is 0 Å². The maximum atomic E-state index is 10.4. The largest absolute Gasteiger partial charge is 0.491 e. The van der Waals surface area contributed by atoms with Crippen molar-refractivity contribution in [2.75, 3.05) is 13.2 Å². The summed E-state index contributed by atoms with van der Waals surface area (Å²) in [5.41, 5.74) is 1.24. The topological polar surface area (TPSA) is 32.7 Å². The Balaban J connectivity index is 1.90. The number of hydrogen-bond donors (Lipinski definition) is 1. The Morgan fingerprint density at radius 3 is 2.52 bits per heavy atom. The lowest BCUT2D eigenvalue weighted by atomic mass is 9.97. The Bertz CT molecular complexity index is 466. The Kier molecular flexibility index (Phi) is 6.91. The quantitative estimate of drug-likeness (QED) is 0.817. The molecule has 130 valence electrons. The highest BCUT2D eigenvalue weighted by Crippen LogP contribution is 2.28. The Labute approximate surface area is 141 Å². The molecule has 3 heteroatoms. The molecule has 0 spiro atoms. The van der Waals surface area contributed by atoms with E-state index in [4.69, 9.17) is 4.74 Å². The van der Waals surface area contributed by atoms with E-state index in [1.165, 1.54) is 24.8 Å². The van der Waals surface area contributed by atoms with Gasteiger partial charge in [-0.1, -0.05) is 38.5 Å². The first kappa shape index (κ1) is 18.3. The van der Waals surface area contributed by atoms with Crippen molar-refractivity contribution < 1.29 is 9.84 Å². The van der Waals surface area contributed by atoms with Crippen LogP contribution in [0, 0.1) is 0 Å². The molecule has 4 atom stereocenters. The second-order valence-corrected chi connectivity index (χ2v) is 7.14. The zero-order chi connectivity index (χ0) is 16.8. The molecule has 0 saturated carbocycles. The van der Waals surface area contributed by atoms with Crippen LogP contribution in [0.15, 0.2) is 24.3 Å². The molecule has 0 radical (unpaired) electrons. The zero-order valence-corrected chi connectivity index (χ0v) is 15.2. The third kappa shape index (κ3) is 4.95. The summed E-state index contributed by atoms with van der Waals surface area (Å²) in [4.78, 5) is 2.43. The third-order valence-electron chi connectivity index (χ3n) is 5.29. The van der Waals surface area contributed by atoms with Crippen LogP contribution in [-0.4, -0.2) is 41.3 Å². The SMILES string of the molecule is CCC(C)c1ccccc1OCC(O)CN1C(C)CCCC1C. The van der Waals surface area contributed by atoms with Gasteiger partial charge in [-0.2, -0.15) is 0 Å². The van der Waals surface area contributed by atoms with Crippen molar-refractivity contribution in [1.82, 2.24) is 4.90 Å². The van der Waals surface area contributed by atoms with Gasteiger partial charge in [0.1, 0.15) is 18.5 Å². The number of likely N-dealkylation sites (tertiary alicyclic amines) is 1. The summed E-state index contributed by atoms with van der Waals surface area (Å²) in [6.07, 6.45) is 4.41. The molecule has 3 nitrogen and oxygen atoms in total. The van der Waals surface area contributed by atoms with E-state index in [-0.39, 0.29) is 0 Å². The van der Waals surface area contributed by atoms with Gasteiger partial charge in [-0.3, -0.25) is 4.90 Å². The molecule has 23 heavy (non-hydrogen) atoms. The van der Waals surface area contributed by atoms with Gasteiger partial charge in [-0.25, -0.2) is 0 Å². The van der Waals surface area contributed by atoms with E-state index in [2.05, 4.69) is 44.7 Å². The molecule has 1 aliphatic heterocycles. The number of rotatable bonds is 7. The number of β-amino-alcohol motifs (C(OH)–C–C–N with tert-alkyl or cyclic N) is 1. The molecule has 1 aromatic carbocycles. The molecule has 4 unspecified atom stereocenters. The fourth-order valence-electron chi connectivity index (χ4n) is 3.56. The number of hydrogen-bond acceptors (Lipinski definition) is 3. The number of aliphatic hydroxyl groups excluding tert-OH is 1. The van der Waals surface area contributed by atoms with Gasteiger partial charge < -0.3 is 9.84 Å². The highest BCUT2D eigenvalue weighted by atomic mass is 16.5. The van der Waals surface area contributed by atoms with Crippen molar-refractivity contribution in [3.05, 3.63) is 29.8 Å². The van der Waals surface area contributed by atoms with Gasteiger partial charge in [0.25, 0.3) is 0 Å². The summed E-state index contributed by atoms with van der Waals surface area (Å²) < 4.78 is 5.96. The first-order chi connectivity index (χ1) is 11.0.